The Morgan fingerprint density at radius 1 is 1.33 bits per heavy atom. The molecule has 9 heteroatoms. The van der Waals surface area contributed by atoms with Crippen LogP contribution in [0.25, 0.3) is 0 Å². The maximum absolute atomic E-state index is 12.6. The summed E-state index contributed by atoms with van der Waals surface area (Å²) < 4.78 is 10.8. The van der Waals surface area contributed by atoms with Crippen LogP contribution in [0, 0.1) is 13.8 Å². The largest absolute Gasteiger partial charge is 0.483 e. The van der Waals surface area contributed by atoms with Crippen molar-refractivity contribution in [1.29, 1.82) is 0 Å². The number of urea groups is 1. The first-order valence-corrected chi connectivity index (χ1v) is 8.50. The number of benzene rings is 1. The highest BCUT2D eigenvalue weighted by Crippen LogP contribution is 2.29. The quantitative estimate of drug-likeness (QED) is 0.762. The summed E-state index contributed by atoms with van der Waals surface area (Å²) in [5.74, 6) is -0.529. The number of aryl methyl sites for hydroxylation is 2. The van der Waals surface area contributed by atoms with Crippen molar-refractivity contribution >= 4 is 29.4 Å². The van der Waals surface area contributed by atoms with Gasteiger partial charge in [-0.3, -0.25) is 15.0 Å². The van der Waals surface area contributed by atoms with Gasteiger partial charge in [0.2, 0.25) is 0 Å². The minimum absolute atomic E-state index is 0.265. The fourth-order valence-electron chi connectivity index (χ4n) is 2.89. The number of hydrazine groups is 1. The van der Waals surface area contributed by atoms with E-state index < -0.39 is 23.4 Å². The van der Waals surface area contributed by atoms with Crippen LogP contribution in [-0.4, -0.2) is 29.5 Å². The lowest BCUT2D eigenvalue weighted by atomic mass is 10.00. The molecule has 1 atom stereocenters. The number of nitrogens with zero attached hydrogens (tertiary/aromatic N) is 1. The molecule has 1 fully saturated rings. The van der Waals surface area contributed by atoms with E-state index in [1.165, 1.54) is 13.2 Å². The van der Waals surface area contributed by atoms with Crippen molar-refractivity contribution in [2.75, 3.05) is 6.61 Å². The normalized spacial score (nSPS) is 19.2. The van der Waals surface area contributed by atoms with Crippen LogP contribution in [0.1, 0.15) is 23.8 Å². The van der Waals surface area contributed by atoms with Crippen LogP contribution in [0.2, 0.25) is 5.02 Å². The topological polar surface area (TPSA) is 101 Å². The number of carbonyl (C=O) groups is 3. The van der Waals surface area contributed by atoms with Gasteiger partial charge < -0.3 is 14.5 Å². The molecule has 1 aliphatic rings. The number of hydrogen-bond acceptors (Lipinski definition) is 5. The van der Waals surface area contributed by atoms with E-state index in [-0.39, 0.29) is 12.4 Å². The maximum Gasteiger partial charge on any atom is 0.344 e. The molecule has 1 aliphatic heterocycles. The number of carbonyl (C=O) groups excluding carboxylic acids is 3. The van der Waals surface area contributed by atoms with Crippen molar-refractivity contribution in [2.45, 2.75) is 26.3 Å². The van der Waals surface area contributed by atoms with Gasteiger partial charge in [-0.15, -0.1) is 0 Å². The smallest absolute Gasteiger partial charge is 0.344 e. The number of halogens is 1. The summed E-state index contributed by atoms with van der Waals surface area (Å²) in [5, 5.41) is 3.70. The van der Waals surface area contributed by atoms with Gasteiger partial charge in [0.25, 0.3) is 11.8 Å². The lowest BCUT2D eigenvalue weighted by molar-refractivity contribution is -0.140. The number of nitrogens with one attached hydrogen (secondary N) is 2. The van der Waals surface area contributed by atoms with E-state index in [1.54, 1.807) is 38.1 Å². The lowest BCUT2D eigenvalue weighted by Gasteiger charge is -2.19. The van der Waals surface area contributed by atoms with E-state index in [0.29, 0.717) is 15.8 Å². The summed E-state index contributed by atoms with van der Waals surface area (Å²) in [6.45, 7) is 4.73. The summed E-state index contributed by atoms with van der Waals surface area (Å²) in [7, 11) is 0. The number of rotatable bonds is 5. The third-order valence-corrected chi connectivity index (χ3v) is 4.43. The third kappa shape index (κ3) is 3.48. The molecule has 142 valence electrons. The zero-order valence-electron chi connectivity index (χ0n) is 15.0. The average Bonchev–Trinajstić information content (AvgIpc) is 3.18. The minimum atomic E-state index is -1.39. The van der Waals surface area contributed by atoms with Crippen LogP contribution >= 0.6 is 11.6 Å². The molecular formula is C18H18ClN3O5. The molecular weight excluding hydrogens is 374 g/mol. The Hall–Kier alpha value is -3.00. The Morgan fingerprint density at radius 3 is 2.59 bits per heavy atom. The molecule has 3 rings (SSSR count). The van der Waals surface area contributed by atoms with Gasteiger partial charge in [0.15, 0.2) is 12.1 Å². The number of ether oxygens (including phenoxy) is 1. The highest BCUT2D eigenvalue weighted by molar-refractivity contribution is 6.30. The molecule has 0 spiro atoms. The predicted molar refractivity (Wildman–Crippen MR) is 96.0 cm³/mol. The van der Waals surface area contributed by atoms with Crippen molar-refractivity contribution in [3.63, 3.8) is 0 Å². The van der Waals surface area contributed by atoms with Gasteiger partial charge >= 0.3 is 6.03 Å². The SMILES string of the molecule is Cc1cc(Cl)cc(C)c1OCC(=O)NN1C(=O)NC(C)(c2ccco2)C1=O. The zero-order valence-corrected chi connectivity index (χ0v) is 15.7. The first-order valence-electron chi connectivity index (χ1n) is 8.12. The average molecular weight is 392 g/mol. The Balaban J connectivity index is 1.66. The summed E-state index contributed by atoms with van der Waals surface area (Å²) >= 11 is 5.97. The van der Waals surface area contributed by atoms with E-state index >= 15 is 0 Å². The standard InChI is InChI=1S/C18H18ClN3O5/c1-10-7-12(19)8-11(2)15(10)27-9-14(23)21-22-16(24)18(3,20-17(22)25)13-5-4-6-26-13/h4-8H,9H2,1-3H3,(H,20,25)(H,21,23). The first-order chi connectivity index (χ1) is 12.7. The minimum Gasteiger partial charge on any atom is -0.483 e. The van der Waals surface area contributed by atoms with Gasteiger partial charge in [-0.25, -0.2) is 4.79 Å². The summed E-state index contributed by atoms with van der Waals surface area (Å²) in [5.41, 5.74) is 2.41. The van der Waals surface area contributed by atoms with Crippen LogP contribution < -0.4 is 15.5 Å². The summed E-state index contributed by atoms with van der Waals surface area (Å²) in [4.78, 5) is 36.9. The molecule has 27 heavy (non-hydrogen) atoms. The van der Waals surface area contributed by atoms with Crippen molar-refractivity contribution in [3.05, 3.63) is 52.4 Å². The van der Waals surface area contributed by atoms with Crippen LogP contribution in [0.3, 0.4) is 0 Å². The Kier molecular flexibility index (Phi) is 4.84. The summed E-state index contributed by atoms with van der Waals surface area (Å²) in [6, 6.07) is 5.85. The second kappa shape index (κ2) is 6.96. The van der Waals surface area contributed by atoms with E-state index in [0.717, 1.165) is 11.1 Å². The van der Waals surface area contributed by atoms with Crippen molar-refractivity contribution < 1.29 is 23.5 Å². The first kappa shape index (κ1) is 18.8. The van der Waals surface area contributed by atoms with Gasteiger partial charge in [-0.1, -0.05) is 11.6 Å². The Morgan fingerprint density at radius 2 is 2.00 bits per heavy atom. The molecule has 1 aromatic heterocycles. The van der Waals surface area contributed by atoms with Crippen LogP contribution in [0.15, 0.2) is 34.9 Å². The highest BCUT2D eigenvalue weighted by Gasteiger charge is 2.52. The van der Waals surface area contributed by atoms with Gasteiger partial charge in [-0.2, -0.15) is 5.01 Å². The zero-order chi connectivity index (χ0) is 19.8. The Labute approximate surface area is 160 Å². The fourth-order valence-corrected chi connectivity index (χ4v) is 3.22. The molecule has 0 radical (unpaired) electrons. The highest BCUT2D eigenvalue weighted by atomic mass is 35.5. The molecule has 8 nitrogen and oxygen atoms in total. The number of imide groups is 1. The second-order valence-corrected chi connectivity index (χ2v) is 6.80. The van der Waals surface area contributed by atoms with Gasteiger partial charge in [0.05, 0.1) is 6.26 Å². The predicted octanol–water partition coefficient (Wildman–Crippen LogP) is 2.43. The van der Waals surface area contributed by atoms with E-state index in [2.05, 4.69) is 10.7 Å². The van der Waals surface area contributed by atoms with Crippen molar-refractivity contribution in [2.24, 2.45) is 0 Å². The third-order valence-electron chi connectivity index (χ3n) is 4.21. The maximum atomic E-state index is 12.6. The van der Waals surface area contributed by atoms with Gasteiger partial charge in [0, 0.05) is 5.02 Å². The molecule has 1 saturated heterocycles. The molecule has 1 aromatic carbocycles. The van der Waals surface area contributed by atoms with E-state index in [9.17, 15) is 14.4 Å². The molecule has 2 heterocycles. The second-order valence-electron chi connectivity index (χ2n) is 6.37. The van der Waals surface area contributed by atoms with Crippen LogP contribution in [0.4, 0.5) is 4.79 Å². The number of furan rings is 1. The molecule has 0 saturated carbocycles. The van der Waals surface area contributed by atoms with E-state index in [1.807, 2.05) is 0 Å². The Bertz CT molecular complexity index is 889. The molecule has 0 aliphatic carbocycles. The van der Waals surface area contributed by atoms with E-state index in [4.69, 9.17) is 20.8 Å². The van der Waals surface area contributed by atoms with Gasteiger partial charge in [0.1, 0.15) is 11.5 Å². The number of amides is 4. The summed E-state index contributed by atoms with van der Waals surface area (Å²) in [6.07, 6.45) is 1.39. The van der Waals surface area contributed by atoms with Gasteiger partial charge in [-0.05, 0) is 56.2 Å². The van der Waals surface area contributed by atoms with Crippen molar-refractivity contribution in [1.82, 2.24) is 15.8 Å². The number of hydrogen-bond donors (Lipinski definition) is 2. The monoisotopic (exact) mass is 391 g/mol. The molecule has 1 unspecified atom stereocenters. The van der Waals surface area contributed by atoms with Crippen molar-refractivity contribution in [3.8, 4) is 5.75 Å². The molecule has 2 N–H and O–H groups in total. The molecule has 2 aromatic rings. The van der Waals surface area contributed by atoms with Crippen LogP contribution in [0.5, 0.6) is 5.75 Å². The molecule has 0 bridgehead atoms. The van der Waals surface area contributed by atoms with Crippen LogP contribution in [-0.2, 0) is 15.1 Å². The molecule has 4 amide bonds. The fraction of sp³-hybridized carbons (Fsp3) is 0.278. The lowest BCUT2D eigenvalue weighted by Crippen LogP contribution is -2.49.